The molecule has 1 heterocycles. The fraction of sp³-hybridized carbons (Fsp3) is 0.222. The van der Waals surface area contributed by atoms with Crippen LogP contribution in [0.1, 0.15) is 18.4 Å². The van der Waals surface area contributed by atoms with E-state index in [1.54, 1.807) is 0 Å². The first-order chi connectivity index (χ1) is 11.5. The van der Waals surface area contributed by atoms with Gasteiger partial charge in [0.15, 0.2) is 0 Å². The Labute approximate surface area is 153 Å². The van der Waals surface area contributed by atoms with Gasteiger partial charge >= 0.3 is 0 Å². The SMILES string of the molecule is O=S(=O)(/C=C/C=C(Cl)\C=C\Cl)N1CCC=C(c2ccccc2)CC1. The van der Waals surface area contributed by atoms with Crippen LogP contribution in [0.5, 0.6) is 0 Å². The molecular formula is C18H19Cl2NO2S. The monoisotopic (exact) mass is 383 g/mol. The molecule has 0 amide bonds. The van der Waals surface area contributed by atoms with E-state index in [0.29, 0.717) is 31.0 Å². The number of halogens is 2. The molecule has 0 atom stereocenters. The largest absolute Gasteiger partial charge is 0.236 e. The number of sulfonamides is 1. The van der Waals surface area contributed by atoms with Gasteiger partial charge in [-0.2, -0.15) is 4.31 Å². The summed E-state index contributed by atoms with van der Waals surface area (Å²) in [5, 5.41) is 1.53. The van der Waals surface area contributed by atoms with Gasteiger partial charge in [0.1, 0.15) is 0 Å². The van der Waals surface area contributed by atoms with Crippen LogP contribution in [0.25, 0.3) is 5.57 Å². The van der Waals surface area contributed by atoms with Crippen LogP contribution in [-0.2, 0) is 10.0 Å². The summed E-state index contributed by atoms with van der Waals surface area (Å²) in [6.07, 6.45) is 7.90. The predicted octanol–water partition coefficient (Wildman–Crippen LogP) is 4.88. The van der Waals surface area contributed by atoms with Crippen molar-refractivity contribution in [1.29, 1.82) is 0 Å². The Kier molecular flexibility index (Phi) is 7.31. The van der Waals surface area contributed by atoms with Crippen molar-refractivity contribution in [1.82, 2.24) is 4.31 Å². The van der Waals surface area contributed by atoms with Crippen molar-refractivity contribution in [3.05, 3.63) is 76.2 Å². The second-order valence-electron chi connectivity index (χ2n) is 5.25. The van der Waals surface area contributed by atoms with Gasteiger partial charge in [-0.15, -0.1) is 0 Å². The van der Waals surface area contributed by atoms with Crippen LogP contribution in [0.3, 0.4) is 0 Å². The molecule has 24 heavy (non-hydrogen) atoms. The molecule has 1 aromatic rings. The van der Waals surface area contributed by atoms with E-state index in [0.717, 1.165) is 5.56 Å². The molecule has 0 bridgehead atoms. The molecule has 0 unspecified atom stereocenters. The van der Waals surface area contributed by atoms with Gasteiger partial charge in [-0.05, 0) is 42.2 Å². The molecule has 128 valence electrons. The summed E-state index contributed by atoms with van der Waals surface area (Å²) in [7, 11) is -3.46. The van der Waals surface area contributed by atoms with Gasteiger partial charge in [0, 0.05) is 29.1 Å². The third kappa shape index (κ3) is 5.64. The van der Waals surface area contributed by atoms with Crippen LogP contribution in [0.2, 0.25) is 0 Å². The fourth-order valence-corrected chi connectivity index (χ4v) is 3.93. The van der Waals surface area contributed by atoms with E-state index >= 15 is 0 Å². The summed E-state index contributed by atoms with van der Waals surface area (Å²) in [6.45, 7) is 0.939. The second kappa shape index (κ2) is 9.23. The van der Waals surface area contributed by atoms with E-state index in [1.807, 2.05) is 30.3 Å². The molecule has 1 aliphatic heterocycles. The van der Waals surface area contributed by atoms with Crippen molar-refractivity contribution in [3.8, 4) is 0 Å². The molecular weight excluding hydrogens is 365 g/mol. The van der Waals surface area contributed by atoms with Gasteiger partial charge in [0.05, 0.1) is 0 Å². The lowest BCUT2D eigenvalue weighted by Gasteiger charge is -2.17. The van der Waals surface area contributed by atoms with Crippen LogP contribution in [0.4, 0.5) is 0 Å². The Bertz CT molecular complexity index is 765. The minimum absolute atomic E-state index is 0.361. The summed E-state index contributed by atoms with van der Waals surface area (Å²) >= 11 is 11.2. The van der Waals surface area contributed by atoms with Crippen LogP contribution in [-0.4, -0.2) is 25.8 Å². The van der Waals surface area contributed by atoms with Crippen LogP contribution in [0, 0.1) is 0 Å². The van der Waals surface area contributed by atoms with Gasteiger partial charge in [-0.1, -0.05) is 59.6 Å². The van der Waals surface area contributed by atoms with E-state index in [9.17, 15) is 8.42 Å². The third-order valence-corrected chi connectivity index (χ3v) is 5.60. The molecule has 0 saturated heterocycles. The van der Waals surface area contributed by atoms with Crippen molar-refractivity contribution < 1.29 is 8.42 Å². The van der Waals surface area contributed by atoms with Crippen molar-refractivity contribution in [2.24, 2.45) is 0 Å². The number of hydrogen-bond acceptors (Lipinski definition) is 2. The third-order valence-electron chi connectivity index (χ3n) is 3.63. The highest BCUT2D eigenvalue weighted by Gasteiger charge is 2.20. The topological polar surface area (TPSA) is 37.4 Å². The Morgan fingerprint density at radius 3 is 2.62 bits per heavy atom. The van der Waals surface area contributed by atoms with E-state index < -0.39 is 10.0 Å². The van der Waals surface area contributed by atoms with E-state index in [1.165, 1.54) is 39.0 Å². The lowest BCUT2D eigenvalue weighted by Crippen LogP contribution is -2.30. The first-order valence-corrected chi connectivity index (χ1v) is 9.90. The molecule has 0 aromatic heterocycles. The van der Waals surface area contributed by atoms with Gasteiger partial charge in [0.2, 0.25) is 10.0 Å². The molecule has 0 aliphatic carbocycles. The van der Waals surface area contributed by atoms with E-state index in [2.05, 4.69) is 6.08 Å². The summed E-state index contributed by atoms with van der Waals surface area (Å²) in [5.74, 6) is 0. The molecule has 6 heteroatoms. The lowest BCUT2D eigenvalue weighted by atomic mass is 10.0. The molecule has 3 nitrogen and oxygen atoms in total. The zero-order valence-corrected chi connectivity index (χ0v) is 15.4. The van der Waals surface area contributed by atoms with Gasteiger partial charge in [0.25, 0.3) is 0 Å². The quantitative estimate of drug-likeness (QED) is 0.679. The van der Waals surface area contributed by atoms with Crippen LogP contribution >= 0.6 is 23.2 Å². The van der Waals surface area contributed by atoms with Crippen molar-refractivity contribution >= 4 is 38.8 Å². The highest BCUT2D eigenvalue weighted by Crippen LogP contribution is 2.23. The van der Waals surface area contributed by atoms with Crippen LogP contribution < -0.4 is 0 Å². The normalized spacial score (nSPS) is 18.1. The predicted molar refractivity (Wildman–Crippen MR) is 102 cm³/mol. The van der Waals surface area contributed by atoms with Crippen molar-refractivity contribution in [2.75, 3.05) is 13.1 Å². The lowest BCUT2D eigenvalue weighted by molar-refractivity contribution is 0.436. The zero-order valence-electron chi connectivity index (χ0n) is 13.1. The number of rotatable bonds is 5. The Morgan fingerprint density at radius 2 is 1.92 bits per heavy atom. The van der Waals surface area contributed by atoms with Gasteiger partial charge in [-0.25, -0.2) is 8.42 Å². The highest BCUT2D eigenvalue weighted by molar-refractivity contribution is 7.92. The molecule has 1 aliphatic rings. The molecule has 0 spiro atoms. The maximum Gasteiger partial charge on any atom is 0.236 e. The van der Waals surface area contributed by atoms with Gasteiger partial charge < -0.3 is 0 Å². The molecule has 1 aromatic carbocycles. The molecule has 2 rings (SSSR count). The molecule has 0 radical (unpaired) electrons. The first kappa shape index (κ1) is 19.0. The molecule has 0 saturated carbocycles. The van der Waals surface area contributed by atoms with E-state index in [4.69, 9.17) is 23.2 Å². The number of hydrogen-bond donors (Lipinski definition) is 0. The van der Waals surface area contributed by atoms with Crippen LogP contribution in [0.15, 0.2) is 70.6 Å². The van der Waals surface area contributed by atoms with Gasteiger partial charge in [-0.3, -0.25) is 0 Å². The maximum absolute atomic E-state index is 12.4. The average molecular weight is 384 g/mol. The minimum Gasteiger partial charge on any atom is -0.208 e. The zero-order chi connectivity index (χ0) is 17.4. The summed E-state index contributed by atoms with van der Waals surface area (Å²) in [4.78, 5) is 0. The minimum atomic E-state index is -3.46. The summed E-state index contributed by atoms with van der Waals surface area (Å²) in [5.41, 5.74) is 3.61. The van der Waals surface area contributed by atoms with Crippen molar-refractivity contribution in [3.63, 3.8) is 0 Å². The number of benzene rings is 1. The molecule has 0 N–H and O–H groups in total. The Morgan fingerprint density at radius 1 is 1.17 bits per heavy atom. The second-order valence-corrected chi connectivity index (χ2v) is 7.76. The fourth-order valence-electron chi connectivity index (χ4n) is 2.44. The Balaban J connectivity index is 2.04. The smallest absolute Gasteiger partial charge is 0.208 e. The van der Waals surface area contributed by atoms with E-state index in [-0.39, 0.29) is 0 Å². The Hall–Kier alpha value is -1.33. The summed E-state index contributed by atoms with van der Waals surface area (Å²) < 4.78 is 26.3. The number of nitrogens with zero attached hydrogens (tertiary/aromatic N) is 1. The average Bonchev–Trinajstić information content (AvgIpc) is 2.82. The molecule has 0 fully saturated rings. The summed E-state index contributed by atoms with van der Waals surface area (Å²) in [6, 6.07) is 10.0. The first-order valence-electron chi connectivity index (χ1n) is 7.58. The number of allylic oxidation sites excluding steroid dienone is 4. The van der Waals surface area contributed by atoms with Crippen molar-refractivity contribution in [2.45, 2.75) is 12.8 Å². The highest BCUT2D eigenvalue weighted by atomic mass is 35.5. The maximum atomic E-state index is 12.4. The standard InChI is InChI=1S/C18H19Cl2NO2S/c19-12-10-18(20)9-5-15-24(22,23)21-13-4-8-17(11-14-21)16-6-2-1-3-7-16/h1-3,5-10,12,15H,4,11,13-14H2/b12-10+,15-5+,18-9+.